The first-order valence-corrected chi connectivity index (χ1v) is 11.6. The van der Waals surface area contributed by atoms with Crippen LogP contribution in [0.4, 0.5) is 0 Å². The van der Waals surface area contributed by atoms with Crippen LogP contribution in [0.1, 0.15) is 48.9 Å². The Kier molecular flexibility index (Phi) is 6.95. The Balaban J connectivity index is 1.74. The van der Waals surface area contributed by atoms with Crippen LogP contribution in [0, 0.1) is 0 Å². The number of amides is 1. The first-order chi connectivity index (χ1) is 13.4. The Labute approximate surface area is 168 Å². The molecular formula is C20H31N3O4S. The minimum absolute atomic E-state index is 0.0284. The maximum atomic E-state index is 12.9. The molecule has 0 aromatic heterocycles. The maximum Gasteiger partial charge on any atom is 0.253 e. The van der Waals surface area contributed by atoms with Crippen LogP contribution in [0.3, 0.4) is 0 Å². The summed E-state index contributed by atoms with van der Waals surface area (Å²) in [7, 11) is -0.552. The predicted molar refractivity (Wildman–Crippen MR) is 108 cm³/mol. The van der Waals surface area contributed by atoms with Gasteiger partial charge in [-0.15, -0.1) is 0 Å². The van der Waals surface area contributed by atoms with Crippen molar-refractivity contribution in [1.82, 2.24) is 14.5 Å². The average Bonchev–Trinajstić information content (AvgIpc) is 3.38. The van der Waals surface area contributed by atoms with Gasteiger partial charge < -0.3 is 14.5 Å². The molecule has 2 aliphatic rings. The molecule has 0 unspecified atom stereocenters. The molecule has 0 spiro atoms. The van der Waals surface area contributed by atoms with Gasteiger partial charge in [0.25, 0.3) is 5.91 Å². The van der Waals surface area contributed by atoms with Gasteiger partial charge in [-0.25, -0.2) is 13.1 Å². The molecule has 7 nitrogen and oxygen atoms in total. The van der Waals surface area contributed by atoms with Gasteiger partial charge in [0.2, 0.25) is 10.0 Å². The number of carbonyl (C=O) groups is 1. The van der Waals surface area contributed by atoms with E-state index in [0.717, 1.165) is 45.3 Å². The molecule has 1 amide bonds. The van der Waals surface area contributed by atoms with Gasteiger partial charge >= 0.3 is 0 Å². The molecule has 28 heavy (non-hydrogen) atoms. The Morgan fingerprint density at radius 2 is 1.89 bits per heavy atom. The number of hydrogen-bond donors (Lipinski definition) is 1. The number of nitrogens with one attached hydrogen (secondary N) is 1. The second-order valence-electron chi connectivity index (χ2n) is 7.74. The first kappa shape index (κ1) is 21.1. The minimum Gasteiger partial charge on any atom is -0.495 e. The lowest BCUT2D eigenvalue weighted by Gasteiger charge is -2.22. The van der Waals surface area contributed by atoms with Crippen molar-refractivity contribution in [2.45, 2.75) is 49.5 Å². The highest BCUT2D eigenvalue weighted by atomic mass is 32.2. The number of likely N-dealkylation sites (tertiary alicyclic amines) is 1. The maximum absolute atomic E-state index is 12.9. The van der Waals surface area contributed by atoms with Crippen LogP contribution in [-0.4, -0.2) is 70.5 Å². The summed E-state index contributed by atoms with van der Waals surface area (Å²) in [4.78, 5) is 16.9. The number of sulfonamides is 1. The zero-order valence-corrected chi connectivity index (χ0v) is 17.6. The molecule has 2 fully saturated rings. The zero-order valence-electron chi connectivity index (χ0n) is 16.8. The summed E-state index contributed by atoms with van der Waals surface area (Å²) in [6, 6.07) is 4.58. The van der Waals surface area contributed by atoms with Gasteiger partial charge in [-0.1, -0.05) is 12.8 Å². The van der Waals surface area contributed by atoms with Crippen LogP contribution in [-0.2, 0) is 10.0 Å². The van der Waals surface area contributed by atoms with E-state index in [2.05, 4.69) is 9.62 Å². The summed E-state index contributed by atoms with van der Waals surface area (Å²) in [5, 5.41) is 0. The SMILES string of the molecule is COc1ccc(C(=O)N(C)CCN2CCCC2)cc1S(=O)(=O)NC1CCCC1. The van der Waals surface area contributed by atoms with Crippen molar-refractivity contribution in [3.05, 3.63) is 23.8 Å². The third kappa shape index (κ3) is 5.04. The summed E-state index contributed by atoms with van der Waals surface area (Å²) in [5.41, 5.74) is 0.358. The molecule has 0 atom stereocenters. The molecule has 1 saturated carbocycles. The Hall–Kier alpha value is -1.64. The van der Waals surface area contributed by atoms with E-state index >= 15 is 0 Å². The fraction of sp³-hybridized carbons (Fsp3) is 0.650. The molecule has 0 bridgehead atoms. The molecule has 3 rings (SSSR count). The summed E-state index contributed by atoms with van der Waals surface area (Å²) in [6.45, 7) is 3.62. The van der Waals surface area contributed by atoms with E-state index in [-0.39, 0.29) is 22.6 Å². The second kappa shape index (κ2) is 9.24. The number of likely N-dealkylation sites (N-methyl/N-ethyl adjacent to an activating group) is 1. The van der Waals surface area contributed by atoms with Crippen molar-refractivity contribution >= 4 is 15.9 Å². The summed E-state index contributed by atoms with van der Waals surface area (Å²) < 4.78 is 33.8. The Morgan fingerprint density at radius 1 is 1.21 bits per heavy atom. The van der Waals surface area contributed by atoms with E-state index in [1.54, 1.807) is 24.1 Å². The third-order valence-corrected chi connectivity index (χ3v) is 7.22. The second-order valence-corrected chi connectivity index (χ2v) is 9.43. The normalized spacial score (nSPS) is 18.5. The van der Waals surface area contributed by atoms with Gasteiger partial charge in [0.15, 0.2) is 0 Å². The molecule has 156 valence electrons. The van der Waals surface area contributed by atoms with Crippen molar-refractivity contribution in [2.24, 2.45) is 0 Å². The Morgan fingerprint density at radius 3 is 2.54 bits per heavy atom. The van der Waals surface area contributed by atoms with Crippen LogP contribution in [0.5, 0.6) is 5.75 Å². The van der Waals surface area contributed by atoms with Crippen molar-refractivity contribution in [3.8, 4) is 5.75 Å². The van der Waals surface area contributed by atoms with E-state index < -0.39 is 10.0 Å². The number of nitrogens with zero attached hydrogens (tertiary/aromatic N) is 2. The Bertz CT molecular complexity index is 785. The molecule has 1 aliphatic carbocycles. The van der Waals surface area contributed by atoms with E-state index in [1.165, 1.54) is 26.0 Å². The van der Waals surface area contributed by atoms with Crippen LogP contribution < -0.4 is 9.46 Å². The lowest BCUT2D eigenvalue weighted by molar-refractivity contribution is 0.0782. The molecule has 1 heterocycles. The minimum atomic E-state index is -3.75. The molecular weight excluding hydrogens is 378 g/mol. The van der Waals surface area contributed by atoms with Crippen LogP contribution >= 0.6 is 0 Å². The fourth-order valence-electron chi connectivity index (χ4n) is 3.97. The number of ether oxygens (including phenoxy) is 1. The van der Waals surface area contributed by atoms with Gasteiger partial charge in [-0.05, 0) is 57.0 Å². The standard InChI is InChI=1S/C20H31N3O4S/c1-22(13-14-23-11-5-6-12-23)20(24)16-9-10-18(27-2)19(15-16)28(25,26)21-17-7-3-4-8-17/h9-10,15,17,21H,3-8,11-14H2,1-2H3. The van der Waals surface area contributed by atoms with Gasteiger partial charge in [0, 0.05) is 31.7 Å². The van der Waals surface area contributed by atoms with E-state index in [0.29, 0.717) is 12.1 Å². The lowest BCUT2D eigenvalue weighted by atomic mass is 10.2. The van der Waals surface area contributed by atoms with Gasteiger partial charge in [-0.2, -0.15) is 0 Å². The molecule has 1 N–H and O–H groups in total. The molecule has 1 aliphatic heterocycles. The third-order valence-electron chi connectivity index (χ3n) is 5.67. The smallest absolute Gasteiger partial charge is 0.253 e. The fourth-order valence-corrected chi connectivity index (χ4v) is 5.47. The number of carbonyl (C=O) groups excluding carboxylic acids is 1. The largest absolute Gasteiger partial charge is 0.495 e. The zero-order chi connectivity index (χ0) is 20.1. The number of rotatable bonds is 8. The van der Waals surface area contributed by atoms with Crippen LogP contribution in [0.15, 0.2) is 23.1 Å². The quantitative estimate of drug-likeness (QED) is 0.711. The van der Waals surface area contributed by atoms with Crippen molar-refractivity contribution in [3.63, 3.8) is 0 Å². The summed E-state index contributed by atoms with van der Waals surface area (Å²) in [5.74, 6) is 0.0703. The molecule has 1 aromatic carbocycles. The van der Waals surface area contributed by atoms with Gasteiger partial charge in [-0.3, -0.25) is 4.79 Å². The van der Waals surface area contributed by atoms with Crippen molar-refractivity contribution in [2.75, 3.05) is 40.3 Å². The van der Waals surface area contributed by atoms with E-state index in [1.807, 2.05) is 0 Å². The highest BCUT2D eigenvalue weighted by molar-refractivity contribution is 7.89. The van der Waals surface area contributed by atoms with Gasteiger partial charge in [0.05, 0.1) is 7.11 Å². The van der Waals surface area contributed by atoms with Gasteiger partial charge in [0.1, 0.15) is 10.6 Å². The first-order valence-electron chi connectivity index (χ1n) is 10.1. The number of hydrogen-bond acceptors (Lipinski definition) is 5. The average molecular weight is 410 g/mol. The highest BCUT2D eigenvalue weighted by Gasteiger charge is 2.27. The number of benzene rings is 1. The molecule has 1 saturated heterocycles. The van der Waals surface area contributed by atoms with Crippen molar-refractivity contribution in [1.29, 1.82) is 0 Å². The number of methoxy groups -OCH3 is 1. The monoisotopic (exact) mass is 409 g/mol. The van der Waals surface area contributed by atoms with Crippen LogP contribution in [0.2, 0.25) is 0 Å². The van der Waals surface area contributed by atoms with E-state index in [4.69, 9.17) is 4.74 Å². The van der Waals surface area contributed by atoms with Crippen molar-refractivity contribution < 1.29 is 17.9 Å². The lowest BCUT2D eigenvalue weighted by Crippen LogP contribution is -2.35. The summed E-state index contributed by atoms with van der Waals surface area (Å²) in [6.07, 6.45) is 6.19. The van der Waals surface area contributed by atoms with Crippen LogP contribution in [0.25, 0.3) is 0 Å². The molecule has 0 radical (unpaired) electrons. The highest BCUT2D eigenvalue weighted by Crippen LogP contribution is 2.27. The predicted octanol–water partition coefficient (Wildman–Crippen LogP) is 2.08. The molecule has 8 heteroatoms. The molecule has 1 aromatic rings. The topological polar surface area (TPSA) is 79.0 Å². The summed E-state index contributed by atoms with van der Waals surface area (Å²) >= 11 is 0. The van der Waals surface area contributed by atoms with E-state index in [9.17, 15) is 13.2 Å².